The Balaban J connectivity index is 2.40. The molecule has 0 aliphatic carbocycles. The zero-order valence-electron chi connectivity index (χ0n) is 12.1. The molecule has 0 spiro atoms. The molecule has 0 radical (unpaired) electrons. The smallest absolute Gasteiger partial charge is 0.271 e. The van der Waals surface area contributed by atoms with E-state index in [2.05, 4.69) is 11.4 Å². The summed E-state index contributed by atoms with van der Waals surface area (Å²) < 4.78 is 5.50. The highest BCUT2D eigenvalue weighted by Crippen LogP contribution is 2.28. The third-order valence-electron chi connectivity index (χ3n) is 3.25. The largest absolute Gasteiger partial charge is 0.492 e. The lowest BCUT2D eigenvalue weighted by Gasteiger charge is -2.20. The highest BCUT2D eigenvalue weighted by Gasteiger charge is 2.19. The summed E-state index contributed by atoms with van der Waals surface area (Å²) in [6.45, 7) is 2.30. The van der Waals surface area contributed by atoms with Gasteiger partial charge < -0.3 is 10.1 Å². The number of hydrogen-bond acceptors (Lipinski definition) is 5. The van der Waals surface area contributed by atoms with Gasteiger partial charge in [0.05, 0.1) is 22.6 Å². The van der Waals surface area contributed by atoms with E-state index < -0.39 is 10.5 Å². The Morgan fingerprint density at radius 1 is 1.52 bits per heavy atom. The van der Waals surface area contributed by atoms with Crippen LogP contribution >= 0.6 is 11.6 Å². The van der Waals surface area contributed by atoms with Gasteiger partial charge in [-0.1, -0.05) is 11.6 Å². The number of halogens is 1. The molecule has 1 aromatic carbocycles. The molecule has 1 N–H and O–H groups in total. The van der Waals surface area contributed by atoms with E-state index in [0.29, 0.717) is 12.4 Å². The zero-order chi connectivity index (χ0) is 15.9. The van der Waals surface area contributed by atoms with Crippen molar-refractivity contribution in [1.82, 2.24) is 5.32 Å². The van der Waals surface area contributed by atoms with Crippen molar-refractivity contribution in [2.24, 2.45) is 0 Å². The van der Waals surface area contributed by atoms with Gasteiger partial charge in [-0.15, -0.1) is 0 Å². The first kappa shape index (κ1) is 17.2. The number of nitrogens with zero attached hydrogens (tertiary/aromatic N) is 2. The van der Waals surface area contributed by atoms with Crippen LogP contribution in [0.2, 0.25) is 5.02 Å². The quantitative estimate of drug-likeness (QED) is 0.452. The molecule has 1 unspecified atom stereocenters. The fourth-order valence-corrected chi connectivity index (χ4v) is 1.95. The van der Waals surface area contributed by atoms with Crippen molar-refractivity contribution in [1.29, 1.82) is 5.26 Å². The number of rotatable bonds is 8. The second-order valence-corrected chi connectivity index (χ2v) is 5.28. The van der Waals surface area contributed by atoms with Crippen LogP contribution in [0.3, 0.4) is 0 Å². The minimum Gasteiger partial charge on any atom is -0.492 e. The van der Waals surface area contributed by atoms with Crippen LogP contribution < -0.4 is 10.1 Å². The molecule has 1 rings (SSSR count). The Morgan fingerprint density at radius 2 is 2.24 bits per heavy atom. The molecule has 6 nitrogen and oxygen atoms in total. The second-order valence-electron chi connectivity index (χ2n) is 4.87. The maximum atomic E-state index is 10.6. The molecule has 0 amide bonds. The van der Waals surface area contributed by atoms with E-state index in [9.17, 15) is 10.1 Å². The molecule has 0 aliphatic heterocycles. The van der Waals surface area contributed by atoms with Crippen LogP contribution in [0.25, 0.3) is 0 Å². The number of non-ortho nitro benzene ring substituents is 1. The van der Waals surface area contributed by atoms with E-state index >= 15 is 0 Å². The van der Waals surface area contributed by atoms with E-state index in [0.717, 1.165) is 19.3 Å². The van der Waals surface area contributed by atoms with Gasteiger partial charge in [0, 0.05) is 12.1 Å². The van der Waals surface area contributed by atoms with E-state index in [1.165, 1.54) is 18.2 Å². The van der Waals surface area contributed by atoms with Gasteiger partial charge in [-0.05, 0) is 39.3 Å². The second kappa shape index (κ2) is 7.81. The Labute approximate surface area is 128 Å². The third kappa shape index (κ3) is 5.21. The van der Waals surface area contributed by atoms with E-state index in [4.69, 9.17) is 21.6 Å². The predicted molar refractivity (Wildman–Crippen MR) is 80.5 cm³/mol. The molecule has 0 heterocycles. The number of unbranched alkanes of at least 4 members (excludes halogenated alkanes) is 1. The standard InChI is InChI=1S/C14H18ClN3O3/c1-14(10-16,17-2)7-3-4-8-21-13-6-5-11(18(19)20)9-12(13)15/h5-6,9,17H,3-4,7-8H2,1-2H3. The van der Waals surface area contributed by atoms with Gasteiger partial charge in [-0.25, -0.2) is 0 Å². The minimum atomic E-state index is -0.523. The van der Waals surface area contributed by atoms with Crippen molar-refractivity contribution in [2.45, 2.75) is 31.7 Å². The lowest BCUT2D eigenvalue weighted by atomic mass is 9.97. The number of nitriles is 1. The Hall–Kier alpha value is -1.84. The van der Waals surface area contributed by atoms with Gasteiger partial charge in [0.1, 0.15) is 11.3 Å². The van der Waals surface area contributed by atoms with Crippen molar-refractivity contribution in [3.63, 3.8) is 0 Å². The SMILES string of the molecule is CNC(C)(C#N)CCCCOc1ccc([N+](=O)[O-])cc1Cl. The Morgan fingerprint density at radius 3 is 2.76 bits per heavy atom. The predicted octanol–water partition coefficient (Wildman–Crippen LogP) is 3.30. The lowest BCUT2D eigenvalue weighted by Crippen LogP contribution is -2.37. The maximum absolute atomic E-state index is 10.6. The van der Waals surface area contributed by atoms with Crippen LogP contribution in [-0.2, 0) is 0 Å². The molecule has 0 fully saturated rings. The van der Waals surface area contributed by atoms with Crippen molar-refractivity contribution in [3.8, 4) is 11.8 Å². The topological polar surface area (TPSA) is 88.2 Å². The summed E-state index contributed by atoms with van der Waals surface area (Å²) in [7, 11) is 1.76. The molecule has 0 aliphatic rings. The summed E-state index contributed by atoms with van der Waals surface area (Å²) in [5.41, 5.74) is -0.587. The monoisotopic (exact) mass is 311 g/mol. The van der Waals surface area contributed by atoms with Gasteiger partial charge in [-0.2, -0.15) is 5.26 Å². The molecule has 21 heavy (non-hydrogen) atoms. The van der Waals surface area contributed by atoms with Gasteiger partial charge in [0.15, 0.2) is 0 Å². The van der Waals surface area contributed by atoms with Crippen LogP contribution in [0.15, 0.2) is 18.2 Å². The van der Waals surface area contributed by atoms with Crippen LogP contribution in [0.1, 0.15) is 26.2 Å². The lowest BCUT2D eigenvalue weighted by molar-refractivity contribution is -0.384. The highest BCUT2D eigenvalue weighted by atomic mass is 35.5. The van der Waals surface area contributed by atoms with Crippen molar-refractivity contribution >= 4 is 17.3 Å². The number of nitro benzene ring substituents is 1. The molecule has 114 valence electrons. The fourth-order valence-electron chi connectivity index (χ4n) is 1.72. The fraction of sp³-hybridized carbons (Fsp3) is 0.500. The van der Waals surface area contributed by atoms with Gasteiger partial charge in [0.2, 0.25) is 0 Å². The van der Waals surface area contributed by atoms with Crippen LogP contribution in [0, 0.1) is 21.4 Å². The highest BCUT2D eigenvalue weighted by molar-refractivity contribution is 6.32. The van der Waals surface area contributed by atoms with Crippen LogP contribution in [0.5, 0.6) is 5.75 Å². The van der Waals surface area contributed by atoms with E-state index in [1.807, 2.05) is 6.92 Å². The van der Waals surface area contributed by atoms with Crippen molar-refractivity contribution in [3.05, 3.63) is 33.3 Å². The van der Waals surface area contributed by atoms with Crippen LogP contribution in [0.4, 0.5) is 5.69 Å². The normalized spacial score (nSPS) is 13.2. The number of nitrogens with one attached hydrogen (secondary N) is 1. The summed E-state index contributed by atoms with van der Waals surface area (Å²) >= 11 is 5.92. The number of benzene rings is 1. The first-order valence-corrected chi connectivity index (χ1v) is 6.96. The summed E-state index contributed by atoms with van der Waals surface area (Å²) in [5.74, 6) is 0.430. The first-order chi connectivity index (χ1) is 9.91. The zero-order valence-corrected chi connectivity index (χ0v) is 12.8. The number of hydrogen-bond donors (Lipinski definition) is 1. The van der Waals surface area contributed by atoms with Crippen molar-refractivity contribution in [2.75, 3.05) is 13.7 Å². The van der Waals surface area contributed by atoms with E-state index in [-0.39, 0.29) is 10.7 Å². The van der Waals surface area contributed by atoms with Gasteiger partial charge >= 0.3 is 0 Å². The Bertz CT molecular complexity index is 545. The third-order valence-corrected chi connectivity index (χ3v) is 3.55. The first-order valence-electron chi connectivity index (χ1n) is 6.59. The summed E-state index contributed by atoms with van der Waals surface area (Å²) in [6.07, 6.45) is 2.32. The summed E-state index contributed by atoms with van der Waals surface area (Å²) in [4.78, 5) is 10.1. The average molecular weight is 312 g/mol. The molecule has 1 aromatic rings. The molecular formula is C14H18ClN3O3. The molecule has 0 bridgehead atoms. The van der Waals surface area contributed by atoms with Crippen molar-refractivity contribution < 1.29 is 9.66 Å². The molecule has 0 saturated carbocycles. The Kier molecular flexibility index (Phi) is 6.40. The minimum absolute atomic E-state index is 0.0637. The maximum Gasteiger partial charge on any atom is 0.271 e. The van der Waals surface area contributed by atoms with E-state index in [1.54, 1.807) is 7.05 Å². The molecule has 0 aromatic heterocycles. The summed E-state index contributed by atoms with van der Waals surface area (Å²) in [6, 6.07) is 6.34. The average Bonchev–Trinajstić information content (AvgIpc) is 2.47. The molecule has 0 saturated heterocycles. The number of ether oxygens (including phenoxy) is 1. The molecular weight excluding hydrogens is 294 g/mol. The molecule has 1 atom stereocenters. The van der Waals surface area contributed by atoms with Gasteiger partial charge in [0.25, 0.3) is 5.69 Å². The molecule has 7 heteroatoms. The van der Waals surface area contributed by atoms with Crippen LogP contribution in [-0.4, -0.2) is 24.1 Å². The van der Waals surface area contributed by atoms with Gasteiger partial charge in [-0.3, -0.25) is 10.1 Å². The summed E-state index contributed by atoms with van der Waals surface area (Å²) in [5, 5.41) is 22.8. The number of nitro groups is 1.